The number of rotatable bonds is 6. The van der Waals surface area contributed by atoms with Crippen molar-refractivity contribution in [3.63, 3.8) is 0 Å². The van der Waals surface area contributed by atoms with Crippen molar-refractivity contribution in [3.05, 3.63) is 40.4 Å². The van der Waals surface area contributed by atoms with E-state index >= 15 is 0 Å². The molecule has 31 heavy (non-hydrogen) atoms. The number of methoxy groups -OCH3 is 1. The predicted molar refractivity (Wildman–Crippen MR) is 120 cm³/mol. The largest absolute Gasteiger partial charge is 0.497 e. The summed E-state index contributed by atoms with van der Waals surface area (Å²) in [5.74, 6) is 1.83. The second kappa shape index (κ2) is 8.55. The third-order valence-corrected chi connectivity index (χ3v) is 6.72. The minimum absolute atomic E-state index is 0.101. The van der Waals surface area contributed by atoms with Gasteiger partial charge in [0, 0.05) is 31.1 Å². The molecule has 1 amide bonds. The molecule has 1 unspecified atom stereocenters. The molecule has 9 heteroatoms. The molecule has 2 atom stereocenters. The number of halogens is 1. The van der Waals surface area contributed by atoms with Gasteiger partial charge in [0.25, 0.3) is 0 Å². The highest BCUT2D eigenvalue weighted by molar-refractivity contribution is 9.10. The van der Waals surface area contributed by atoms with E-state index in [1.165, 1.54) is 0 Å². The number of amides is 1. The number of nitrogens with one attached hydrogen (secondary N) is 1. The van der Waals surface area contributed by atoms with Gasteiger partial charge in [-0.3, -0.25) is 4.79 Å². The van der Waals surface area contributed by atoms with Gasteiger partial charge in [-0.15, -0.1) is 0 Å². The van der Waals surface area contributed by atoms with Crippen molar-refractivity contribution in [2.24, 2.45) is 11.3 Å². The second-order valence-corrected chi connectivity index (χ2v) is 9.13. The Labute approximate surface area is 189 Å². The molecule has 1 fully saturated rings. The van der Waals surface area contributed by atoms with Crippen LogP contribution in [-0.4, -0.2) is 44.9 Å². The summed E-state index contributed by atoms with van der Waals surface area (Å²) in [7, 11) is 3.28. The molecule has 8 nitrogen and oxygen atoms in total. The fourth-order valence-electron chi connectivity index (χ4n) is 4.46. The first-order valence-electron chi connectivity index (χ1n) is 10.3. The van der Waals surface area contributed by atoms with E-state index in [4.69, 9.17) is 9.72 Å². The monoisotopic (exact) mass is 487 g/mol. The molecule has 0 aliphatic heterocycles. The zero-order valence-electron chi connectivity index (χ0n) is 17.9. The number of aliphatic hydroxyl groups excluding tert-OH is 1. The quantitative estimate of drug-likeness (QED) is 0.553. The lowest BCUT2D eigenvalue weighted by molar-refractivity contribution is -0.129. The highest BCUT2D eigenvalue weighted by Crippen LogP contribution is 2.42. The maximum atomic E-state index is 12.2. The molecule has 1 aliphatic rings. The summed E-state index contributed by atoms with van der Waals surface area (Å²) >= 11 is 3.50. The normalized spacial score (nSPS) is 20.9. The number of ether oxygens (including phenoxy) is 1. The van der Waals surface area contributed by atoms with E-state index in [0.29, 0.717) is 28.3 Å². The minimum atomic E-state index is -0.324. The van der Waals surface area contributed by atoms with Gasteiger partial charge < -0.3 is 15.2 Å². The maximum absolute atomic E-state index is 12.2. The van der Waals surface area contributed by atoms with Crippen LogP contribution in [0.4, 0.5) is 0 Å². The van der Waals surface area contributed by atoms with Crippen molar-refractivity contribution in [1.82, 2.24) is 25.1 Å². The SMILES string of the molecule is CNC(=O)C1(C)CC[C@@H](Cc2ncc3c(Br)nn(-c4cc(CO)cc(OC)c4)c3n2)C1. The summed E-state index contributed by atoms with van der Waals surface area (Å²) in [5.41, 5.74) is 1.83. The van der Waals surface area contributed by atoms with Crippen molar-refractivity contribution in [2.75, 3.05) is 14.2 Å². The zero-order valence-corrected chi connectivity index (χ0v) is 19.4. The lowest BCUT2D eigenvalue weighted by Gasteiger charge is -2.21. The second-order valence-electron chi connectivity index (χ2n) is 8.38. The van der Waals surface area contributed by atoms with E-state index < -0.39 is 0 Å². The third kappa shape index (κ3) is 4.16. The molecule has 1 saturated carbocycles. The smallest absolute Gasteiger partial charge is 0.225 e. The number of fused-ring (bicyclic) bond motifs is 1. The Balaban J connectivity index is 1.67. The minimum Gasteiger partial charge on any atom is -0.497 e. The van der Waals surface area contributed by atoms with Crippen LogP contribution in [0.1, 0.15) is 37.6 Å². The van der Waals surface area contributed by atoms with Crippen LogP contribution in [0.25, 0.3) is 16.7 Å². The highest BCUT2D eigenvalue weighted by Gasteiger charge is 2.40. The van der Waals surface area contributed by atoms with Crippen LogP contribution in [0, 0.1) is 11.3 Å². The molecule has 2 aromatic heterocycles. The number of nitrogens with zero attached hydrogens (tertiary/aromatic N) is 4. The Hall–Kier alpha value is -2.52. The summed E-state index contributed by atoms with van der Waals surface area (Å²) in [6, 6.07) is 5.49. The molecular weight excluding hydrogens is 462 g/mol. The van der Waals surface area contributed by atoms with Gasteiger partial charge in [0.1, 0.15) is 16.2 Å². The maximum Gasteiger partial charge on any atom is 0.225 e. The Bertz CT molecular complexity index is 1110. The average Bonchev–Trinajstić information content (AvgIpc) is 3.33. The van der Waals surface area contributed by atoms with Gasteiger partial charge in [-0.1, -0.05) is 6.92 Å². The molecule has 0 bridgehead atoms. The molecular formula is C22H26BrN5O3. The number of hydrogen-bond acceptors (Lipinski definition) is 6. The summed E-state index contributed by atoms with van der Waals surface area (Å²) in [6.07, 6.45) is 5.17. The first-order valence-corrected chi connectivity index (χ1v) is 11.1. The van der Waals surface area contributed by atoms with Crippen LogP contribution in [0.3, 0.4) is 0 Å². The van der Waals surface area contributed by atoms with Crippen molar-refractivity contribution in [3.8, 4) is 11.4 Å². The number of carbonyl (C=O) groups is 1. The number of aromatic nitrogens is 4. The van der Waals surface area contributed by atoms with E-state index in [1.54, 1.807) is 31.1 Å². The Morgan fingerprint density at radius 2 is 2.23 bits per heavy atom. The van der Waals surface area contributed by atoms with E-state index in [1.807, 2.05) is 19.1 Å². The van der Waals surface area contributed by atoms with Crippen LogP contribution in [0.5, 0.6) is 5.75 Å². The molecule has 2 N–H and O–H groups in total. The van der Waals surface area contributed by atoms with Crippen molar-refractivity contribution < 1.29 is 14.6 Å². The Morgan fingerprint density at radius 1 is 1.42 bits per heavy atom. The summed E-state index contributed by atoms with van der Waals surface area (Å²) in [5, 5.41) is 17.8. The van der Waals surface area contributed by atoms with Gasteiger partial charge in [-0.05, 0) is 58.8 Å². The van der Waals surface area contributed by atoms with Gasteiger partial charge in [0.15, 0.2) is 5.65 Å². The van der Waals surface area contributed by atoms with Gasteiger partial charge in [-0.2, -0.15) is 5.10 Å². The first kappa shape index (κ1) is 21.7. The Morgan fingerprint density at radius 3 is 2.94 bits per heavy atom. The van der Waals surface area contributed by atoms with Crippen LogP contribution in [0.2, 0.25) is 0 Å². The molecule has 0 radical (unpaired) electrons. The molecule has 4 rings (SSSR count). The Kier molecular flexibility index (Phi) is 5.98. The van der Waals surface area contributed by atoms with Crippen LogP contribution in [-0.2, 0) is 17.8 Å². The van der Waals surface area contributed by atoms with Crippen LogP contribution in [0.15, 0.2) is 29.0 Å². The number of carbonyl (C=O) groups excluding carboxylic acids is 1. The summed E-state index contributed by atoms with van der Waals surface area (Å²) < 4.78 is 7.75. The molecule has 3 aromatic rings. The molecule has 0 spiro atoms. The molecule has 1 aromatic carbocycles. The number of benzene rings is 1. The van der Waals surface area contributed by atoms with Crippen molar-refractivity contribution >= 4 is 32.9 Å². The van der Waals surface area contributed by atoms with Crippen molar-refractivity contribution in [2.45, 2.75) is 39.2 Å². The summed E-state index contributed by atoms with van der Waals surface area (Å²) in [4.78, 5) is 21.6. The lowest BCUT2D eigenvalue weighted by Crippen LogP contribution is -2.35. The van der Waals surface area contributed by atoms with Crippen LogP contribution >= 0.6 is 15.9 Å². The van der Waals surface area contributed by atoms with E-state index in [0.717, 1.165) is 41.7 Å². The van der Waals surface area contributed by atoms with Gasteiger partial charge in [0.2, 0.25) is 5.91 Å². The van der Waals surface area contributed by atoms with E-state index in [-0.39, 0.29) is 17.9 Å². The lowest BCUT2D eigenvalue weighted by atomic mass is 9.86. The predicted octanol–water partition coefficient (Wildman–Crippen LogP) is 3.17. The van der Waals surface area contributed by atoms with Gasteiger partial charge in [0.05, 0.1) is 24.8 Å². The van der Waals surface area contributed by atoms with Gasteiger partial charge >= 0.3 is 0 Å². The molecule has 1 aliphatic carbocycles. The highest BCUT2D eigenvalue weighted by atomic mass is 79.9. The standard InChI is InChI=1S/C22H26BrN5O3/c1-22(21(30)24-2)5-4-13(10-22)8-18-25-11-17-19(23)27-28(20(17)26-18)15-6-14(12-29)7-16(9-15)31-3/h6-7,9,11,13,29H,4-5,8,10,12H2,1-3H3,(H,24,30)/t13-,22?/m0/s1. The fraction of sp³-hybridized carbons (Fsp3) is 0.455. The molecule has 164 valence electrons. The third-order valence-electron chi connectivity index (χ3n) is 6.13. The molecule has 2 heterocycles. The van der Waals surface area contributed by atoms with E-state index in [2.05, 4.69) is 31.3 Å². The van der Waals surface area contributed by atoms with E-state index in [9.17, 15) is 9.90 Å². The van der Waals surface area contributed by atoms with Crippen LogP contribution < -0.4 is 10.1 Å². The van der Waals surface area contributed by atoms with Gasteiger partial charge in [-0.25, -0.2) is 14.6 Å². The zero-order chi connectivity index (χ0) is 22.2. The first-order chi connectivity index (χ1) is 14.9. The average molecular weight is 488 g/mol. The number of hydrogen-bond donors (Lipinski definition) is 2. The summed E-state index contributed by atoms with van der Waals surface area (Å²) in [6.45, 7) is 1.93. The fourth-order valence-corrected chi connectivity index (χ4v) is 4.90. The van der Waals surface area contributed by atoms with Crippen molar-refractivity contribution in [1.29, 1.82) is 0 Å². The molecule has 0 saturated heterocycles. The topological polar surface area (TPSA) is 102 Å². The number of aliphatic hydroxyl groups is 1.